The molecule has 0 aromatic heterocycles. The first kappa shape index (κ1) is 24.5. The molecule has 0 aliphatic carbocycles. The molecule has 0 N–H and O–H groups in total. The molecule has 0 atom stereocenters. The van der Waals surface area contributed by atoms with E-state index in [0.717, 1.165) is 61.0 Å². The Bertz CT molecular complexity index is 750. The van der Waals surface area contributed by atoms with Crippen LogP contribution in [0.4, 0.5) is 0 Å². The molecular formula is C26H36O3. The standard InChI is InChI=1S/C26H36O3/c1-20(2)10-7-11-21(3)12-8-13-22(4)15-16-24-25(28-5)18-23(14-9-17-27)19-26(24)29-6/h9-10,12,14-15,17-19H,7-8,11,13,16H2,1-6H3. The van der Waals surface area contributed by atoms with Crippen LogP contribution in [0, 0.1) is 0 Å². The van der Waals surface area contributed by atoms with Crippen molar-refractivity contribution in [2.45, 2.75) is 59.8 Å². The van der Waals surface area contributed by atoms with Gasteiger partial charge in [-0.3, -0.25) is 4.79 Å². The van der Waals surface area contributed by atoms with Gasteiger partial charge in [-0.05, 0) is 83.6 Å². The van der Waals surface area contributed by atoms with E-state index in [9.17, 15) is 4.79 Å². The van der Waals surface area contributed by atoms with Crippen LogP contribution >= 0.6 is 0 Å². The molecule has 0 unspecified atom stereocenters. The van der Waals surface area contributed by atoms with Crippen molar-refractivity contribution in [1.82, 2.24) is 0 Å². The number of methoxy groups -OCH3 is 2. The Morgan fingerprint density at radius 2 is 1.41 bits per heavy atom. The maximum atomic E-state index is 10.6. The molecule has 0 amide bonds. The van der Waals surface area contributed by atoms with Crippen LogP contribution in [0.25, 0.3) is 6.08 Å². The number of hydrogen-bond donors (Lipinski definition) is 0. The van der Waals surface area contributed by atoms with E-state index in [-0.39, 0.29) is 0 Å². The van der Waals surface area contributed by atoms with Crippen LogP contribution in [0.1, 0.15) is 64.5 Å². The van der Waals surface area contributed by atoms with Crippen molar-refractivity contribution in [3.05, 3.63) is 64.3 Å². The van der Waals surface area contributed by atoms with Crippen molar-refractivity contribution in [3.8, 4) is 11.5 Å². The van der Waals surface area contributed by atoms with Crippen LogP contribution in [-0.2, 0) is 11.2 Å². The minimum absolute atomic E-state index is 0.749. The first-order chi connectivity index (χ1) is 13.9. The molecule has 0 heterocycles. The fraction of sp³-hybridized carbons (Fsp3) is 0.423. The van der Waals surface area contributed by atoms with Gasteiger partial charge in [-0.2, -0.15) is 0 Å². The minimum atomic E-state index is 0.749. The second-order valence-corrected chi connectivity index (χ2v) is 7.56. The van der Waals surface area contributed by atoms with Gasteiger partial charge in [0.15, 0.2) is 0 Å². The van der Waals surface area contributed by atoms with Gasteiger partial charge < -0.3 is 9.47 Å². The molecule has 1 rings (SSSR count). The summed E-state index contributed by atoms with van der Waals surface area (Å²) in [4.78, 5) is 10.6. The van der Waals surface area contributed by atoms with Gasteiger partial charge in [0.25, 0.3) is 0 Å². The number of ether oxygens (including phenoxy) is 2. The van der Waals surface area contributed by atoms with Gasteiger partial charge in [-0.1, -0.05) is 41.0 Å². The van der Waals surface area contributed by atoms with E-state index >= 15 is 0 Å². The molecular weight excluding hydrogens is 360 g/mol. The highest BCUT2D eigenvalue weighted by atomic mass is 16.5. The lowest BCUT2D eigenvalue weighted by Gasteiger charge is -2.13. The number of carbonyl (C=O) groups excluding carboxylic acids is 1. The van der Waals surface area contributed by atoms with Gasteiger partial charge in [-0.25, -0.2) is 0 Å². The summed E-state index contributed by atoms with van der Waals surface area (Å²) < 4.78 is 11.1. The molecule has 3 heteroatoms. The lowest BCUT2D eigenvalue weighted by atomic mass is 10.0. The van der Waals surface area contributed by atoms with Crippen LogP contribution in [-0.4, -0.2) is 20.5 Å². The smallest absolute Gasteiger partial charge is 0.142 e. The second kappa shape index (κ2) is 13.6. The molecule has 0 aliphatic rings. The Balaban J connectivity index is 2.76. The summed E-state index contributed by atoms with van der Waals surface area (Å²) in [5.41, 5.74) is 6.09. The molecule has 3 nitrogen and oxygen atoms in total. The Morgan fingerprint density at radius 1 is 0.862 bits per heavy atom. The van der Waals surface area contributed by atoms with Crippen LogP contribution in [0.5, 0.6) is 11.5 Å². The molecule has 0 radical (unpaired) electrons. The highest BCUT2D eigenvalue weighted by molar-refractivity contribution is 5.74. The predicted molar refractivity (Wildman–Crippen MR) is 124 cm³/mol. The maximum Gasteiger partial charge on any atom is 0.142 e. The molecule has 0 bridgehead atoms. The van der Waals surface area contributed by atoms with E-state index in [1.807, 2.05) is 12.1 Å². The largest absolute Gasteiger partial charge is 0.496 e. The summed E-state index contributed by atoms with van der Waals surface area (Å²) >= 11 is 0. The average molecular weight is 397 g/mol. The average Bonchev–Trinajstić information content (AvgIpc) is 2.69. The van der Waals surface area contributed by atoms with E-state index < -0.39 is 0 Å². The SMILES string of the molecule is COc1cc(C=CC=O)cc(OC)c1CC=C(C)CCC=C(C)CCC=C(C)C. The second-order valence-electron chi connectivity index (χ2n) is 7.56. The molecule has 1 aromatic rings. The number of rotatable bonds is 12. The van der Waals surface area contributed by atoms with Crippen molar-refractivity contribution in [2.24, 2.45) is 0 Å². The van der Waals surface area contributed by atoms with Gasteiger partial charge in [0, 0.05) is 5.56 Å². The van der Waals surface area contributed by atoms with Crippen molar-refractivity contribution in [2.75, 3.05) is 14.2 Å². The number of aldehydes is 1. The molecule has 1 aromatic carbocycles. The number of allylic oxidation sites excluding steroid dienone is 7. The van der Waals surface area contributed by atoms with E-state index in [1.165, 1.54) is 22.8 Å². The molecule has 0 aliphatic heterocycles. The van der Waals surface area contributed by atoms with Crippen LogP contribution < -0.4 is 9.47 Å². The summed E-state index contributed by atoms with van der Waals surface area (Å²) in [5.74, 6) is 1.54. The molecule has 158 valence electrons. The molecule has 29 heavy (non-hydrogen) atoms. The quantitative estimate of drug-likeness (QED) is 0.219. The van der Waals surface area contributed by atoms with E-state index in [2.05, 4.69) is 45.9 Å². The summed E-state index contributed by atoms with van der Waals surface area (Å²) in [7, 11) is 3.32. The highest BCUT2D eigenvalue weighted by Gasteiger charge is 2.11. The van der Waals surface area contributed by atoms with Gasteiger partial charge in [0.1, 0.15) is 17.8 Å². The lowest BCUT2D eigenvalue weighted by Crippen LogP contribution is -1.97. The van der Waals surface area contributed by atoms with Crippen LogP contribution in [0.3, 0.4) is 0 Å². The Labute approximate surface area is 176 Å². The number of carbonyl (C=O) groups is 1. The third kappa shape index (κ3) is 9.47. The van der Waals surface area contributed by atoms with Crippen LogP contribution in [0.2, 0.25) is 0 Å². The topological polar surface area (TPSA) is 35.5 Å². The van der Waals surface area contributed by atoms with Gasteiger partial charge >= 0.3 is 0 Å². The van der Waals surface area contributed by atoms with Crippen molar-refractivity contribution in [1.29, 1.82) is 0 Å². The summed E-state index contributed by atoms with van der Waals surface area (Å²) in [6.45, 7) is 8.68. The van der Waals surface area contributed by atoms with E-state index in [1.54, 1.807) is 20.3 Å². The molecule has 0 spiro atoms. The highest BCUT2D eigenvalue weighted by Crippen LogP contribution is 2.32. The third-order valence-corrected chi connectivity index (χ3v) is 4.77. The van der Waals surface area contributed by atoms with Crippen molar-refractivity contribution >= 4 is 12.4 Å². The van der Waals surface area contributed by atoms with Gasteiger partial charge in [-0.15, -0.1) is 0 Å². The fourth-order valence-corrected chi connectivity index (χ4v) is 3.07. The van der Waals surface area contributed by atoms with Gasteiger partial charge in [0.05, 0.1) is 14.2 Å². The fourth-order valence-electron chi connectivity index (χ4n) is 3.07. The Morgan fingerprint density at radius 3 is 1.93 bits per heavy atom. The first-order valence-electron chi connectivity index (χ1n) is 10.2. The van der Waals surface area contributed by atoms with E-state index in [0.29, 0.717) is 0 Å². The molecule has 0 fully saturated rings. The zero-order chi connectivity index (χ0) is 21.6. The molecule has 0 saturated carbocycles. The monoisotopic (exact) mass is 396 g/mol. The van der Waals surface area contributed by atoms with Crippen molar-refractivity contribution < 1.29 is 14.3 Å². The third-order valence-electron chi connectivity index (χ3n) is 4.77. The summed E-state index contributed by atoms with van der Waals surface area (Å²) in [6.07, 6.45) is 16.0. The maximum absolute atomic E-state index is 10.6. The minimum Gasteiger partial charge on any atom is -0.496 e. The number of benzene rings is 1. The lowest BCUT2D eigenvalue weighted by molar-refractivity contribution is -0.104. The number of hydrogen-bond acceptors (Lipinski definition) is 3. The Kier molecular flexibility index (Phi) is 11.5. The van der Waals surface area contributed by atoms with Crippen LogP contribution in [0.15, 0.2) is 53.2 Å². The summed E-state index contributed by atoms with van der Waals surface area (Å²) in [5, 5.41) is 0. The first-order valence-corrected chi connectivity index (χ1v) is 10.2. The Hall–Kier alpha value is -2.55. The van der Waals surface area contributed by atoms with E-state index in [4.69, 9.17) is 9.47 Å². The van der Waals surface area contributed by atoms with Gasteiger partial charge in [0.2, 0.25) is 0 Å². The summed E-state index contributed by atoms with van der Waals surface area (Å²) in [6, 6.07) is 3.86. The van der Waals surface area contributed by atoms with Crippen molar-refractivity contribution in [3.63, 3.8) is 0 Å². The molecule has 0 saturated heterocycles. The zero-order valence-electron chi connectivity index (χ0n) is 18.9. The zero-order valence-corrected chi connectivity index (χ0v) is 18.9. The predicted octanol–water partition coefficient (Wildman–Crippen LogP) is 6.88. The normalized spacial score (nSPS) is 12.2.